The van der Waals surface area contributed by atoms with Gasteiger partial charge in [-0.05, 0) is 43.9 Å². The van der Waals surface area contributed by atoms with Gasteiger partial charge in [0.05, 0.1) is 5.69 Å². The third kappa shape index (κ3) is 6.01. The number of nitrogens with one attached hydrogen (secondary N) is 1. The first-order valence-corrected chi connectivity index (χ1v) is 11.7. The highest BCUT2D eigenvalue weighted by Gasteiger charge is 2.23. The number of halogens is 1. The second kappa shape index (κ2) is 11.1. The van der Waals surface area contributed by atoms with Gasteiger partial charge >= 0.3 is 6.03 Å². The van der Waals surface area contributed by atoms with Crippen LogP contribution in [0.15, 0.2) is 84.9 Å². The number of nitrogen functional groups attached to an aromatic ring is 1. The predicted octanol–water partition coefficient (Wildman–Crippen LogP) is 5.37. The Balaban J connectivity index is 1.70. The zero-order chi connectivity index (χ0) is 24.8. The molecule has 8 heteroatoms. The number of carbonyl (C=O) groups excluding carboxylic acids is 1. The van der Waals surface area contributed by atoms with Gasteiger partial charge in [0.15, 0.2) is 5.82 Å². The molecule has 0 fully saturated rings. The summed E-state index contributed by atoms with van der Waals surface area (Å²) in [5.74, 6) is 0.349. The van der Waals surface area contributed by atoms with Crippen molar-refractivity contribution in [2.45, 2.75) is 6.54 Å². The SMILES string of the molecule is CN(C)CCN(Cc1ccccc1)C(=O)Nc1c(-c2ccc(Cl)cc2)nn(-c2ccccc2)c1N. The Morgan fingerprint density at radius 2 is 1.57 bits per heavy atom. The van der Waals surface area contributed by atoms with Crippen molar-refractivity contribution in [3.05, 3.63) is 95.5 Å². The van der Waals surface area contributed by atoms with E-state index < -0.39 is 0 Å². The van der Waals surface area contributed by atoms with Gasteiger partial charge in [-0.15, -0.1) is 0 Å². The summed E-state index contributed by atoms with van der Waals surface area (Å²) in [5, 5.41) is 8.43. The van der Waals surface area contributed by atoms with Gasteiger partial charge in [-0.1, -0.05) is 72.3 Å². The fraction of sp³-hybridized carbons (Fsp3) is 0.185. The van der Waals surface area contributed by atoms with Crippen molar-refractivity contribution in [1.29, 1.82) is 0 Å². The van der Waals surface area contributed by atoms with Crippen molar-refractivity contribution in [2.24, 2.45) is 0 Å². The van der Waals surface area contributed by atoms with Crippen LogP contribution in [0, 0.1) is 0 Å². The van der Waals surface area contributed by atoms with Crippen LogP contribution in [0.2, 0.25) is 5.02 Å². The number of hydrogen-bond donors (Lipinski definition) is 2. The minimum Gasteiger partial charge on any atom is -0.382 e. The number of para-hydroxylation sites is 1. The first-order chi connectivity index (χ1) is 16.9. The second-order valence-electron chi connectivity index (χ2n) is 8.50. The number of urea groups is 1. The van der Waals surface area contributed by atoms with Crippen LogP contribution in [-0.4, -0.2) is 52.8 Å². The molecule has 0 aliphatic heterocycles. The maximum Gasteiger partial charge on any atom is 0.322 e. The van der Waals surface area contributed by atoms with Gasteiger partial charge in [0, 0.05) is 30.2 Å². The van der Waals surface area contributed by atoms with Crippen molar-refractivity contribution in [1.82, 2.24) is 19.6 Å². The van der Waals surface area contributed by atoms with E-state index in [-0.39, 0.29) is 6.03 Å². The number of rotatable bonds is 8. The Kier molecular flexibility index (Phi) is 7.70. The monoisotopic (exact) mass is 488 g/mol. The van der Waals surface area contributed by atoms with Crippen LogP contribution in [0.1, 0.15) is 5.56 Å². The summed E-state index contributed by atoms with van der Waals surface area (Å²) < 4.78 is 1.64. The molecule has 0 saturated carbocycles. The van der Waals surface area contributed by atoms with E-state index in [1.807, 2.05) is 91.8 Å². The predicted molar refractivity (Wildman–Crippen MR) is 143 cm³/mol. The molecule has 0 aliphatic rings. The highest BCUT2D eigenvalue weighted by molar-refractivity contribution is 6.30. The molecule has 4 aromatic rings. The third-order valence-corrected chi connectivity index (χ3v) is 5.84. The smallest absolute Gasteiger partial charge is 0.322 e. The van der Waals surface area contributed by atoms with Gasteiger partial charge in [0.2, 0.25) is 0 Å². The molecule has 0 unspecified atom stereocenters. The molecule has 0 saturated heterocycles. The molecule has 7 nitrogen and oxygen atoms in total. The maximum atomic E-state index is 13.5. The first-order valence-electron chi connectivity index (χ1n) is 11.4. The lowest BCUT2D eigenvalue weighted by atomic mass is 10.1. The van der Waals surface area contributed by atoms with Crippen molar-refractivity contribution in [3.63, 3.8) is 0 Å². The quantitative estimate of drug-likeness (QED) is 0.349. The Hall–Kier alpha value is -3.81. The highest BCUT2D eigenvalue weighted by Crippen LogP contribution is 2.35. The summed E-state index contributed by atoms with van der Waals surface area (Å²) in [6.45, 7) is 1.75. The van der Waals surface area contributed by atoms with E-state index in [9.17, 15) is 4.79 Å². The molecule has 0 radical (unpaired) electrons. The Morgan fingerprint density at radius 3 is 2.20 bits per heavy atom. The van der Waals surface area contributed by atoms with Gasteiger partial charge in [0.25, 0.3) is 0 Å². The Morgan fingerprint density at radius 1 is 0.943 bits per heavy atom. The summed E-state index contributed by atoms with van der Waals surface area (Å²) in [6.07, 6.45) is 0. The minimum atomic E-state index is -0.245. The van der Waals surface area contributed by atoms with Crippen LogP contribution in [0.25, 0.3) is 16.9 Å². The summed E-state index contributed by atoms with van der Waals surface area (Å²) in [7, 11) is 3.97. The van der Waals surface area contributed by atoms with E-state index in [1.165, 1.54) is 0 Å². The van der Waals surface area contributed by atoms with Gasteiger partial charge in [-0.2, -0.15) is 5.10 Å². The summed E-state index contributed by atoms with van der Waals surface area (Å²) >= 11 is 6.10. The molecule has 3 aromatic carbocycles. The second-order valence-corrected chi connectivity index (χ2v) is 8.94. The number of benzene rings is 3. The molecule has 4 rings (SSSR count). The van der Waals surface area contributed by atoms with Crippen molar-refractivity contribution in [3.8, 4) is 16.9 Å². The standard InChI is InChI=1S/C27H29ClN6O/c1-32(2)17-18-33(19-20-9-5-3-6-10-20)27(35)30-25-24(21-13-15-22(28)16-14-21)31-34(26(25)29)23-11-7-4-8-12-23/h3-16H,17-19,29H2,1-2H3,(H,30,35). The average Bonchev–Trinajstić information content (AvgIpc) is 3.19. The van der Waals surface area contributed by atoms with E-state index in [1.54, 1.807) is 21.7 Å². The summed E-state index contributed by atoms with van der Waals surface area (Å²) in [5.41, 5.74) is 10.2. The Bertz CT molecular complexity index is 1260. The average molecular weight is 489 g/mol. The highest BCUT2D eigenvalue weighted by atomic mass is 35.5. The number of amides is 2. The van der Waals surface area contributed by atoms with Crippen molar-refractivity contribution in [2.75, 3.05) is 38.2 Å². The molecule has 0 aliphatic carbocycles. The zero-order valence-corrected chi connectivity index (χ0v) is 20.6. The van der Waals surface area contributed by atoms with Crippen LogP contribution < -0.4 is 11.1 Å². The summed E-state index contributed by atoms with van der Waals surface area (Å²) in [6, 6.07) is 26.6. The maximum absolute atomic E-state index is 13.5. The number of nitrogens with zero attached hydrogens (tertiary/aromatic N) is 4. The minimum absolute atomic E-state index is 0.245. The van der Waals surface area contributed by atoms with Gasteiger partial charge < -0.3 is 20.9 Å². The van der Waals surface area contributed by atoms with Gasteiger partial charge in [0.1, 0.15) is 11.4 Å². The number of hydrogen-bond acceptors (Lipinski definition) is 4. The van der Waals surface area contributed by atoms with E-state index in [4.69, 9.17) is 22.4 Å². The largest absolute Gasteiger partial charge is 0.382 e. The van der Waals surface area contributed by atoms with Crippen LogP contribution in [0.4, 0.5) is 16.3 Å². The van der Waals surface area contributed by atoms with Gasteiger partial charge in [-0.25, -0.2) is 9.48 Å². The van der Waals surface area contributed by atoms with Crippen LogP contribution in [-0.2, 0) is 6.54 Å². The molecular formula is C27H29ClN6O. The van der Waals surface area contributed by atoms with Crippen LogP contribution in [0.5, 0.6) is 0 Å². The molecule has 0 atom stereocenters. The fourth-order valence-electron chi connectivity index (χ4n) is 3.69. The molecule has 0 spiro atoms. The molecule has 35 heavy (non-hydrogen) atoms. The zero-order valence-electron chi connectivity index (χ0n) is 19.9. The number of likely N-dealkylation sites (N-methyl/N-ethyl adjacent to an activating group) is 1. The number of aromatic nitrogens is 2. The lowest BCUT2D eigenvalue weighted by molar-refractivity contribution is 0.202. The molecule has 2 amide bonds. The topological polar surface area (TPSA) is 79.4 Å². The fourth-order valence-corrected chi connectivity index (χ4v) is 3.82. The van der Waals surface area contributed by atoms with E-state index in [2.05, 4.69) is 5.32 Å². The van der Waals surface area contributed by atoms with Crippen molar-refractivity contribution >= 4 is 29.1 Å². The van der Waals surface area contributed by atoms with Crippen LogP contribution >= 0.6 is 11.6 Å². The molecule has 3 N–H and O–H groups in total. The van der Waals surface area contributed by atoms with Crippen molar-refractivity contribution < 1.29 is 4.79 Å². The van der Waals surface area contributed by atoms with E-state index >= 15 is 0 Å². The third-order valence-electron chi connectivity index (χ3n) is 5.59. The van der Waals surface area contributed by atoms with E-state index in [0.29, 0.717) is 35.3 Å². The molecule has 1 heterocycles. The Labute approximate surface area is 210 Å². The lowest BCUT2D eigenvalue weighted by Gasteiger charge is -2.25. The number of carbonyl (C=O) groups is 1. The van der Waals surface area contributed by atoms with Gasteiger partial charge in [-0.3, -0.25) is 0 Å². The number of anilines is 2. The molecule has 180 valence electrons. The lowest BCUT2D eigenvalue weighted by Crippen LogP contribution is -2.39. The number of nitrogens with two attached hydrogens (primary N) is 1. The van der Waals surface area contributed by atoms with Crippen LogP contribution in [0.3, 0.4) is 0 Å². The first kappa shape index (κ1) is 24.3. The molecular weight excluding hydrogens is 460 g/mol. The molecule has 0 bridgehead atoms. The summed E-state index contributed by atoms with van der Waals surface area (Å²) in [4.78, 5) is 17.4. The van der Waals surface area contributed by atoms with E-state index in [0.717, 1.165) is 23.4 Å². The molecule has 1 aromatic heterocycles. The normalized spacial score (nSPS) is 11.0.